The topological polar surface area (TPSA) is 41.5 Å². The van der Waals surface area contributed by atoms with E-state index in [9.17, 15) is 5.11 Å². The van der Waals surface area contributed by atoms with Gasteiger partial charge in [0.15, 0.2) is 0 Å². The van der Waals surface area contributed by atoms with E-state index < -0.39 is 0 Å². The maximum atomic E-state index is 10.3. The van der Waals surface area contributed by atoms with Crippen LogP contribution < -0.4 is 5.32 Å². The fraction of sp³-hybridized carbons (Fsp3) is 0.852. The molecule has 3 nitrogen and oxygen atoms in total. The molecule has 0 amide bonds. The molecule has 6 aliphatic rings. The number of aliphatic hydroxyl groups is 1. The Morgan fingerprint density at radius 1 is 1.17 bits per heavy atom. The van der Waals surface area contributed by atoms with Crippen LogP contribution in [0.1, 0.15) is 79.1 Å². The Bertz CT molecular complexity index is 801. The van der Waals surface area contributed by atoms with Crippen LogP contribution >= 0.6 is 0 Å². The molecule has 2 aliphatic heterocycles. The SMILES string of the molecule is CC1=C2C[C@H]3C(CC=C4CC(O)CCC43C)[C@@H]2CCC12OC1CC(C)CNC1[C@H]2C. The van der Waals surface area contributed by atoms with Gasteiger partial charge in [0.2, 0.25) is 0 Å². The summed E-state index contributed by atoms with van der Waals surface area (Å²) in [7, 11) is 0. The van der Waals surface area contributed by atoms with Crippen LogP contribution in [0.15, 0.2) is 22.8 Å². The largest absolute Gasteiger partial charge is 0.393 e. The van der Waals surface area contributed by atoms with Crippen molar-refractivity contribution < 1.29 is 9.84 Å². The summed E-state index contributed by atoms with van der Waals surface area (Å²) in [5.74, 6) is 3.64. The van der Waals surface area contributed by atoms with Crippen molar-refractivity contribution in [2.75, 3.05) is 6.54 Å². The Balaban J connectivity index is 1.34. The number of hydrogen-bond acceptors (Lipinski definition) is 3. The zero-order valence-corrected chi connectivity index (χ0v) is 19.4. The first-order valence-electron chi connectivity index (χ1n) is 12.8. The minimum Gasteiger partial charge on any atom is -0.393 e. The van der Waals surface area contributed by atoms with Crippen molar-refractivity contribution >= 4 is 0 Å². The standard InChI is InChI=1S/C27H41NO2/c1-15-11-24-25(28-14-15)17(3)27(30-24)10-8-20-21-6-5-18-12-19(29)7-9-26(18,4)23(21)13-22(20)16(27)2/h5,15,17,19-21,23-25,28-29H,6-14H2,1-4H3/t15?,17-,19?,20+,21?,23+,24?,25?,26?,27?/m1/s1. The van der Waals surface area contributed by atoms with Crippen molar-refractivity contribution in [2.24, 2.45) is 35.0 Å². The maximum absolute atomic E-state index is 10.3. The van der Waals surface area contributed by atoms with Gasteiger partial charge in [-0.15, -0.1) is 0 Å². The smallest absolute Gasteiger partial charge is 0.0937 e. The second-order valence-corrected chi connectivity index (χ2v) is 12.2. The zero-order chi connectivity index (χ0) is 20.8. The quantitative estimate of drug-likeness (QED) is 0.551. The van der Waals surface area contributed by atoms with Crippen molar-refractivity contribution in [1.29, 1.82) is 0 Å². The predicted molar refractivity (Wildman–Crippen MR) is 120 cm³/mol. The molecule has 0 bridgehead atoms. The van der Waals surface area contributed by atoms with E-state index in [0.29, 0.717) is 23.5 Å². The lowest BCUT2D eigenvalue weighted by atomic mass is 9.56. The van der Waals surface area contributed by atoms with Gasteiger partial charge >= 0.3 is 0 Å². The molecule has 0 aromatic heterocycles. The molecule has 1 spiro atoms. The number of aliphatic hydroxyl groups excluding tert-OH is 1. The fourth-order valence-corrected chi connectivity index (χ4v) is 9.09. The highest BCUT2D eigenvalue weighted by molar-refractivity contribution is 5.38. The molecule has 2 saturated carbocycles. The van der Waals surface area contributed by atoms with E-state index in [1.807, 2.05) is 0 Å². The summed E-state index contributed by atoms with van der Waals surface area (Å²) in [5.41, 5.74) is 5.25. The Kier molecular flexibility index (Phi) is 4.46. The Labute approximate surface area is 182 Å². The van der Waals surface area contributed by atoms with Gasteiger partial charge in [-0.2, -0.15) is 0 Å². The molecular weight excluding hydrogens is 370 g/mol. The molecule has 0 aromatic carbocycles. The number of nitrogens with one attached hydrogen (secondary N) is 1. The van der Waals surface area contributed by atoms with E-state index >= 15 is 0 Å². The minimum atomic E-state index is -0.111. The summed E-state index contributed by atoms with van der Waals surface area (Å²) in [5, 5.41) is 14.1. The van der Waals surface area contributed by atoms with Crippen LogP contribution in [0.25, 0.3) is 0 Å². The van der Waals surface area contributed by atoms with E-state index in [4.69, 9.17) is 4.74 Å². The lowest BCUT2D eigenvalue weighted by Gasteiger charge is -2.49. The number of ether oxygens (including phenoxy) is 1. The Morgan fingerprint density at radius 2 is 2.00 bits per heavy atom. The lowest BCUT2D eigenvalue weighted by Crippen LogP contribution is -2.49. The second kappa shape index (κ2) is 6.68. The van der Waals surface area contributed by atoms with Crippen LogP contribution in [0, 0.1) is 35.0 Å². The van der Waals surface area contributed by atoms with Gasteiger partial charge < -0.3 is 15.2 Å². The van der Waals surface area contributed by atoms with E-state index in [1.165, 1.54) is 38.5 Å². The van der Waals surface area contributed by atoms with E-state index in [-0.39, 0.29) is 11.7 Å². The first-order valence-corrected chi connectivity index (χ1v) is 12.8. The molecule has 2 heterocycles. The van der Waals surface area contributed by atoms with Crippen molar-refractivity contribution in [3.63, 3.8) is 0 Å². The molecule has 30 heavy (non-hydrogen) atoms. The molecule has 4 aliphatic carbocycles. The van der Waals surface area contributed by atoms with Crippen molar-refractivity contribution in [3.05, 3.63) is 22.8 Å². The number of allylic oxidation sites excluding steroid dienone is 2. The Hall–Kier alpha value is -0.640. The van der Waals surface area contributed by atoms with Crippen molar-refractivity contribution in [1.82, 2.24) is 5.32 Å². The normalized spacial score (nSPS) is 55.0. The summed E-state index contributed by atoms with van der Waals surface area (Å²) in [6.45, 7) is 10.9. The molecule has 0 aromatic rings. The van der Waals surface area contributed by atoms with E-state index in [2.05, 4.69) is 39.1 Å². The molecule has 10 atom stereocenters. The third kappa shape index (κ3) is 2.55. The average molecular weight is 412 g/mol. The molecule has 7 unspecified atom stereocenters. The lowest BCUT2D eigenvalue weighted by molar-refractivity contribution is -0.0549. The van der Waals surface area contributed by atoms with Crippen LogP contribution in [0.4, 0.5) is 0 Å². The molecule has 2 saturated heterocycles. The van der Waals surface area contributed by atoms with Crippen molar-refractivity contribution in [3.8, 4) is 0 Å². The highest BCUT2D eigenvalue weighted by atomic mass is 16.5. The number of rotatable bonds is 0. The van der Waals surface area contributed by atoms with Gasteiger partial charge in [0.1, 0.15) is 0 Å². The van der Waals surface area contributed by atoms with Gasteiger partial charge in [-0.05, 0) is 99.5 Å². The molecular formula is C27H41NO2. The average Bonchev–Trinajstić information content (AvgIpc) is 3.23. The van der Waals surface area contributed by atoms with Gasteiger partial charge in [-0.25, -0.2) is 0 Å². The summed E-state index contributed by atoms with van der Waals surface area (Å²) < 4.78 is 7.03. The predicted octanol–water partition coefficient (Wildman–Crippen LogP) is 5.00. The van der Waals surface area contributed by atoms with Crippen LogP contribution in [0.5, 0.6) is 0 Å². The van der Waals surface area contributed by atoms with Crippen LogP contribution in [0.3, 0.4) is 0 Å². The number of hydrogen-bond donors (Lipinski definition) is 2. The molecule has 6 rings (SSSR count). The molecule has 0 radical (unpaired) electrons. The van der Waals surface area contributed by atoms with Gasteiger partial charge in [-0.3, -0.25) is 0 Å². The zero-order valence-electron chi connectivity index (χ0n) is 19.4. The van der Waals surface area contributed by atoms with Crippen LogP contribution in [-0.2, 0) is 4.74 Å². The first kappa shape index (κ1) is 20.0. The summed E-state index contributed by atoms with van der Waals surface area (Å²) in [6.07, 6.45) is 12.2. The highest BCUT2D eigenvalue weighted by Gasteiger charge is 2.60. The molecule has 3 heteroatoms. The van der Waals surface area contributed by atoms with Gasteiger partial charge in [0.25, 0.3) is 0 Å². The van der Waals surface area contributed by atoms with Gasteiger partial charge in [0.05, 0.1) is 17.8 Å². The third-order valence-corrected chi connectivity index (χ3v) is 10.9. The van der Waals surface area contributed by atoms with E-state index in [0.717, 1.165) is 43.1 Å². The highest BCUT2D eigenvalue weighted by Crippen LogP contribution is 2.65. The molecule has 2 N–H and O–H groups in total. The first-order chi connectivity index (χ1) is 14.3. The number of piperidine rings is 1. The summed E-state index contributed by atoms with van der Waals surface area (Å²) in [6, 6.07) is 0.530. The molecule has 4 fully saturated rings. The Morgan fingerprint density at radius 3 is 2.83 bits per heavy atom. The van der Waals surface area contributed by atoms with Crippen molar-refractivity contribution in [2.45, 2.75) is 103 Å². The van der Waals surface area contributed by atoms with Gasteiger partial charge in [-0.1, -0.05) is 38.0 Å². The van der Waals surface area contributed by atoms with Crippen LogP contribution in [0.2, 0.25) is 0 Å². The van der Waals surface area contributed by atoms with Gasteiger partial charge in [0, 0.05) is 12.0 Å². The third-order valence-electron chi connectivity index (χ3n) is 10.9. The van der Waals surface area contributed by atoms with Crippen LogP contribution in [-0.4, -0.2) is 35.5 Å². The second-order valence-electron chi connectivity index (χ2n) is 12.2. The fourth-order valence-electron chi connectivity index (χ4n) is 9.09. The number of fused-ring (bicyclic) bond motifs is 6. The molecule has 166 valence electrons. The summed E-state index contributed by atoms with van der Waals surface area (Å²) >= 11 is 0. The minimum absolute atomic E-state index is 0.0222. The maximum Gasteiger partial charge on any atom is 0.0937 e. The van der Waals surface area contributed by atoms with E-state index in [1.54, 1.807) is 16.7 Å². The monoisotopic (exact) mass is 411 g/mol. The summed E-state index contributed by atoms with van der Waals surface area (Å²) in [4.78, 5) is 0.